The number of rotatable bonds is 11. The molecule has 0 fully saturated rings. The molecule has 6 heteroatoms. The Bertz CT molecular complexity index is 825. The number of methoxy groups -OCH3 is 1. The molecule has 5 nitrogen and oxygen atoms in total. The highest BCUT2D eigenvalue weighted by molar-refractivity contribution is 6.30. The number of halogens is 1. The lowest BCUT2D eigenvalue weighted by Crippen LogP contribution is -2.37. The number of carbonyl (C=O) groups excluding carboxylic acids is 1. The number of benzene rings is 2. The quantitative estimate of drug-likeness (QED) is 0.548. The maximum Gasteiger partial charge on any atom is 0.249 e. The number of carbonyl (C=O) groups is 1. The zero-order valence-electron chi connectivity index (χ0n) is 17.4. The van der Waals surface area contributed by atoms with Crippen LogP contribution < -0.4 is 10.1 Å². The van der Waals surface area contributed by atoms with Crippen molar-refractivity contribution in [2.45, 2.75) is 32.3 Å². The molecular formula is C24H28ClNO4. The van der Waals surface area contributed by atoms with E-state index in [1.807, 2.05) is 55.5 Å². The van der Waals surface area contributed by atoms with E-state index in [1.165, 1.54) is 7.11 Å². The molecule has 2 aromatic rings. The molecule has 0 radical (unpaired) electrons. The molecule has 0 saturated carbocycles. The van der Waals surface area contributed by atoms with Gasteiger partial charge in [-0.1, -0.05) is 35.9 Å². The van der Waals surface area contributed by atoms with Gasteiger partial charge in [-0.25, -0.2) is 0 Å². The first-order chi connectivity index (χ1) is 14.6. The Hall–Kier alpha value is -2.68. The predicted molar refractivity (Wildman–Crippen MR) is 119 cm³/mol. The molecule has 0 saturated heterocycles. The lowest BCUT2D eigenvalue weighted by atomic mass is 10.1. The highest BCUT2D eigenvalue weighted by atomic mass is 35.5. The monoisotopic (exact) mass is 429 g/mol. The Morgan fingerprint density at radius 2 is 1.73 bits per heavy atom. The third-order valence-electron chi connectivity index (χ3n) is 4.39. The number of aryl methyl sites for hydroxylation is 1. The maximum absolute atomic E-state index is 12.5. The van der Waals surface area contributed by atoms with Crippen LogP contribution in [-0.2, 0) is 27.1 Å². The van der Waals surface area contributed by atoms with Crippen molar-refractivity contribution >= 4 is 17.5 Å². The Kier molecular flexibility index (Phi) is 10.6. The minimum absolute atomic E-state index is 0.0810. The van der Waals surface area contributed by atoms with Gasteiger partial charge in [0.25, 0.3) is 0 Å². The van der Waals surface area contributed by atoms with Crippen molar-refractivity contribution < 1.29 is 19.0 Å². The molecular weight excluding hydrogens is 402 g/mol. The van der Waals surface area contributed by atoms with Crippen molar-refractivity contribution in [2.24, 2.45) is 0 Å². The molecule has 1 unspecified atom stereocenters. The predicted octanol–water partition coefficient (Wildman–Crippen LogP) is 4.02. The van der Waals surface area contributed by atoms with Crippen molar-refractivity contribution in [3.63, 3.8) is 0 Å². The number of nitrogens with one attached hydrogen (secondary N) is 1. The lowest BCUT2D eigenvalue weighted by Gasteiger charge is -2.17. The van der Waals surface area contributed by atoms with Crippen molar-refractivity contribution in [3.05, 3.63) is 64.7 Å². The van der Waals surface area contributed by atoms with Crippen LogP contribution >= 0.6 is 11.6 Å². The molecule has 0 heterocycles. The second kappa shape index (κ2) is 13.5. The molecule has 0 aliphatic rings. The van der Waals surface area contributed by atoms with Crippen molar-refractivity contribution in [2.75, 3.05) is 26.9 Å². The largest absolute Gasteiger partial charge is 0.481 e. The van der Waals surface area contributed by atoms with Gasteiger partial charge < -0.3 is 19.5 Å². The van der Waals surface area contributed by atoms with E-state index in [0.717, 1.165) is 29.7 Å². The normalized spacial score (nSPS) is 11.2. The molecule has 0 spiro atoms. The number of hydrogen-bond acceptors (Lipinski definition) is 4. The van der Waals surface area contributed by atoms with E-state index in [2.05, 4.69) is 22.1 Å². The van der Waals surface area contributed by atoms with E-state index in [9.17, 15) is 4.79 Å². The smallest absolute Gasteiger partial charge is 0.249 e. The Labute approximate surface area is 183 Å². The van der Waals surface area contributed by atoms with Crippen LogP contribution in [0.25, 0.3) is 0 Å². The summed E-state index contributed by atoms with van der Waals surface area (Å²) in [6.07, 6.45) is 4.12. The second-order valence-electron chi connectivity index (χ2n) is 6.57. The molecule has 1 atom stereocenters. The van der Waals surface area contributed by atoms with Gasteiger partial charge in [0.1, 0.15) is 18.0 Å². The van der Waals surface area contributed by atoms with Crippen LogP contribution in [0.15, 0.2) is 48.5 Å². The van der Waals surface area contributed by atoms with Gasteiger partial charge in [0.15, 0.2) is 6.61 Å². The number of ether oxygens (including phenoxy) is 3. The first kappa shape index (κ1) is 23.6. The van der Waals surface area contributed by atoms with Gasteiger partial charge >= 0.3 is 0 Å². The van der Waals surface area contributed by atoms with E-state index in [4.69, 9.17) is 21.1 Å². The molecule has 2 rings (SSSR count). The Morgan fingerprint density at radius 1 is 1.07 bits per heavy atom. The van der Waals surface area contributed by atoms with E-state index in [-0.39, 0.29) is 12.5 Å². The van der Waals surface area contributed by atoms with E-state index in [0.29, 0.717) is 24.6 Å². The van der Waals surface area contributed by atoms with Crippen LogP contribution in [0.5, 0.6) is 5.75 Å². The Morgan fingerprint density at radius 3 is 2.40 bits per heavy atom. The minimum Gasteiger partial charge on any atom is -0.481 e. The average molecular weight is 430 g/mol. The first-order valence-corrected chi connectivity index (χ1v) is 10.4. The summed E-state index contributed by atoms with van der Waals surface area (Å²) in [7, 11) is 1.51. The van der Waals surface area contributed by atoms with Gasteiger partial charge in [-0.3, -0.25) is 4.79 Å². The molecule has 1 amide bonds. The SMILES string of the molecule is CCOC(CCc1ccc(Cl)cc1)C(=O)NCCc1ccc(OCC#COC)cc1. The van der Waals surface area contributed by atoms with Crippen LogP contribution in [0.4, 0.5) is 0 Å². The molecule has 1 N–H and O–H groups in total. The third-order valence-corrected chi connectivity index (χ3v) is 4.64. The standard InChI is InChI=1S/C24H28ClNO4/c1-3-29-23(14-9-19-5-10-21(25)11-6-19)24(27)26-16-15-20-7-12-22(13-8-20)30-18-4-17-28-2/h5-8,10-13,23H,3,9,14-16,18H2,1-2H3,(H,26,27). The summed E-state index contributed by atoms with van der Waals surface area (Å²) in [6, 6.07) is 15.4. The summed E-state index contributed by atoms with van der Waals surface area (Å²) in [5, 5.41) is 3.68. The summed E-state index contributed by atoms with van der Waals surface area (Å²) < 4.78 is 15.8. The molecule has 0 aliphatic carbocycles. The van der Waals surface area contributed by atoms with Crippen LogP contribution in [0, 0.1) is 12.0 Å². The van der Waals surface area contributed by atoms with Gasteiger partial charge in [-0.05, 0) is 67.5 Å². The van der Waals surface area contributed by atoms with E-state index < -0.39 is 6.10 Å². The summed E-state index contributed by atoms with van der Waals surface area (Å²) in [6.45, 7) is 3.21. The Balaban J connectivity index is 1.75. The second-order valence-corrected chi connectivity index (χ2v) is 7.00. The van der Waals surface area contributed by atoms with Crippen molar-refractivity contribution in [1.29, 1.82) is 0 Å². The molecule has 30 heavy (non-hydrogen) atoms. The lowest BCUT2D eigenvalue weighted by molar-refractivity contribution is -0.132. The van der Waals surface area contributed by atoms with Crippen LogP contribution in [-0.4, -0.2) is 38.9 Å². The van der Waals surface area contributed by atoms with E-state index in [1.54, 1.807) is 0 Å². The zero-order valence-corrected chi connectivity index (χ0v) is 18.2. The summed E-state index contributed by atoms with van der Waals surface area (Å²) in [4.78, 5) is 12.5. The third kappa shape index (κ3) is 8.77. The molecule has 160 valence electrons. The minimum atomic E-state index is -0.463. The van der Waals surface area contributed by atoms with Crippen LogP contribution in [0.3, 0.4) is 0 Å². The fraction of sp³-hybridized carbons (Fsp3) is 0.375. The summed E-state index contributed by atoms with van der Waals surface area (Å²) in [5.74, 6) is 3.39. The van der Waals surface area contributed by atoms with Crippen molar-refractivity contribution in [3.8, 4) is 17.8 Å². The topological polar surface area (TPSA) is 56.8 Å². The number of hydrogen-bond donors (Lipinski definition) is 1. The van der Waals surface area contributed by atoms with Crippen LogP contribution in [0.2, 0.25) is 5.02 Å². The van der Waals surface area contributed by atoms with Gasteiger partial charge in [0.05, 0.1) is 7.11 Å². The maximum atomic E-state index is 12.5. The van der Waals surface area contributed by atoms with Gasteiger partial charge in [-0.2, -0.15) is 0 Å². The average Bonchev–Trinajstić information content (AvgIpc) is 2.76. The fourth-order valence-electron chi connectivity index (χ4n) is 2.86. The highest BCUT2D eigenvalue weighted by Gasteiger charge is 2.18. The first-order valence-electron chi connectivity index (χ1n) is 9.98. The number of amides is 1. The van der Waals surface area contributed by atoms with Gasteiger partial charge in [-0.15, -0.1) is 0 Å². The van der Waals surface area contributed by atoms with Gasteiger partial charge in [0, 0.05) is 18.2 Å². The highest BCUT2D eigenvalue weighted by Crippen LogP contribution is 2.14. The zero-order chi connectivity index (χ0) is 21.6. The molecule has 2 aromatic carbocycles. The molecule has 0 aliphatic heterocycles. The van der Waals surface area contributed by atoms with Crippen LogP contribution in [0.1, 0.15) is 24.5 Å². The fourth-order valence-corrected chi connectivity index (χ4v) is 2.98. The molecule has 0 aromatic heterocycles. The molecule has 0 bridgehead atoms. The van der Waals surface area contributed by atoms with Gasteiger partial charge in [0.2, 0.25) is 5.91 Å². The van der Waals surface area contributed by atoms with E-state index >= 15 is 0 Å². The summed E-state index contributed by atoms with van der Waals surface area (Å²) in [5.41, 5.74) is 2.24. The van der Waals surface area contributed by atoms with Crippen molar-refractivity contribution in [1.82, 2.24) is 5.32 Å². The summed E-state index contributed by atoms with van der Waals surface area (Å²) >= 11 is 5.92.